The summed E-state index contributed by atoms with van der Waals surface area (Å²) in [5.74, 6) is -0.913. The van der Waals surface area contributed by atoms with Crippen molar-refractivity contribution in [1.82, 2.24) is 9.78 Å². The summed E-state index contributed by atoms with van der Waals surface area (Å²) in [4.78, 5) is 11.4. The quantitative estimate of drug-likeness (QED) is 0.919. The fourth-order valence-electron chi connectivity index (χ4n) is 2.32. The Morgan fingerprint density at radius 3 is 2.55 bits per heavy atom. The average Bonchev–Trinajstić information content (AvgIpc) is 2.79. The standard InChI is InChI=1S/C15H17ClN2O2/c1-3-12-14(15(19)20)13(4-2)18(17-12)9-10-7-5-6-8-11(10)16/h5-8H,3-4,9H2,1-2H3,(H,19,20). The number of aryl methyl sites for hydroxylation is 1. The number of halogens is 1. The summed E-state index contributed by atoms with van der Waals surface area (Å²) >= 11 is 6.16. The maximum atomic E-state index is 11.4. The minimum Gasteiger partial charge on any atom is -0.478 e. The van der Waals surface area contributed by atoms with Gasteiger partial charge in [0, 0.05) is 5.02 Å². The van der Waals surface area contributed by atoms with Crippen molar-refractivity contribution >= 4 is 17.6 Å². The van der Waals surface area contributed by atoms with Gasteiger partial charge in [-0.05, 0) is 24.5 Å². The van der Waals surface area contributed by atoms with Crippen LogP contribution in [-0.2, 0) is 19.4 Å². The van der Waals surface area contributed by atoms with Crippen LogP contribution in [-0.4, -0.2) is 20.9 Å². The van der Waals surface area contributed by atoms with E-state index in [1.165, 1.54) is 0 Å². The zero-order chi connectivity index (χ0) is 14.7. The maximum absolute atomic E-state index is 11.4. The van der Waals surface area contributed by atoms with Crippen molar-refractivity contribution in [3.05, 3.63) is 51.8 Å². The molecule has 0 atom stereocenters. The normalized spacial score (nSPS) is 10.8. The van der Waals surface area contributed by atoms with Gasteiger partial charge < -0.3 is 5.11 Å². The van der Waals surface area contributed by atoms with Crippen molar-refractivity contribution in [2.75, 3.05) is 0 Å². The summed E-state index contributed by atoms with van der Waals surface area (Å²) in [6.07, 6.45) is 1.23. The molecule has 0 saturated heterocycles. The molecule has 0 aliphatic heterocycles. The molecule has 2 aromatic rings. The predicted molar refractivity (Wildman–Crippen MR) is 78.5 cm³/mol. The number of carboxylic acids is 1. The van der Waals surface area contributed by atoms with Crippen molar-refractivity contribution in [3.63, 3.8) is 0 Å². The van der Waals surface area contributed by atoms with Gasteiger partial charge in [0.15, 0.2) is 0 Å². The van der Waals surface area contributed by atoms with Gasteiger partial charge >= 0.3 is 5.97 Å². The van der Waals surface area contributed by atoms with Crippen LogP contribution in [0.25, 0.3) is 0 Å². The molecule has 1 heterocycles. The summed E-state index contributed by atoms with van der Waals surface area (Å²) in [7, 11) is 0. The van der Waals surface area contributed by atoms with Gasteiger partial charge in [0.1, 0.15) is 5.56 Å². The molecular formula is C15H17ClN2O2. The lowest BCUT2D eigenvalue weighted by Crippen LogP contribution is -2.08. The van der Waals surface area contributed by atoms with Crippen LogP contribution in [0, 0.1) is 0 Å². The SMILES string of the molecule is CCc1nn(Cc2ccccc2Cl)c(CC)c1C(=O)O. The first-order chi connectivity index (χ1) is 9.58. The molecular weight excluding hydrogens is 276 g/mol. The number of aromatic nitrogens is 2. The Morgan fingerprint density at radius 2 is 2.00 bits per heavy atom. The van der Waals surface area contributed by atoms with Crippen LogP contribution in [0.2, 0.25) is 5.02 Å². The summed E-state index contributed by atoms with van der Waals surface area (Å²) in [5.41, 5.74) is 2.64. The lowest BCUT2D eigenvalue weighted by atomic mass is 10.1. The molecule has 0 bridgehead atoms. The highest BCUT2D eigenvalue weighted by Crippen LogP contribution is 2.21. The first-order valence-electron chi connectivity index (χ1n) is 6.63. The number of carboxylic acid groups (broad SMARTS) is 1. The van der Waals surface area contributed by atoms with E-state index >= 15 is 0 Å². The van der Waals surface area contributed by atoms with Crippen LogP contribution >= 0.6 is 11.6 Å². The van der Waals surface area contributed by atoms with E-state index in [4.69, 9.17) is 11.6 Å². The van der Waals surface area contributed by atoms with Crippen molar-refractivity contribution in [2.24, 2.45) is 0 Å². The van der Waals surface area contributed by atoms with Gasteiger partial charge in [-0.1, -0.05) is 43.6 Å². The van der Waals surface area contributed by atoms with E-state index in [-0.39, 0.29) is 0 Å². The molecule has 0 aliphatic rings. The number of nitrogens with zero attached hydrogens (tertiary/aromatic N) is 2. The van der Waals surface area contributed by atoms with Crippen molar-refractivity contribution in [3.8, 4) is 0 Å². The van der Waals surface area contributed by atoms with Gasteiger partial charge in [-0.25, -0.2) is 4.79 Å². The Morgan fingerprint density at radius 1 is 1.30 bits per heavy atom. The number of rotatable bonds is 5. The fraction of sp³-hybridized carbons (Fsp3) is 0.333. The zero-order valence-corrected chi connectivity index (χ0v) is 12.3. The van der Waals surface area contributed by atoms with Crippen LogP contribution in [0.5, 0.6) is 0 Å². The van der Waals surface area contributed by atoms with Crippen LogP contribution in [0.15, 0.2) is 24.3 Å². The lowest BCUT2D eigenvalue weighted by Gasteiger charge is -2.08. The maximum Gasteiger partial charge on any atom is 0.339 e. The molecule has 0 unspecified atom stereocenters. The average molecular weight is 293 g/mol. The van der Waals surface area contributed by atoms with Crippen molar-refractivity contribution < 1.29 is 9.90 Å². The minimum absolute atomic E-state index is 0.335. The molecule has 1 aromatic heterocycles. The summed E-state index contributed by atoms with van der Waals surface area (Å²) in [5, 5.41) is 14.5. The first kappa shape index (κ1) is 14.6. The zero-order valence-electron chi connectivity index (χ0n) is 11.6. The van der Waals surface area contributed by atoms with Gasteiger partial charge in [0.25, 0.3) is 0 Å². The Labute approximate surface area is 123 Å². The highest BCUT2D eigenvalue weighted by atomic mass is 35.5. The predicted octanol–water partition coefficient (Wildman–Crippen LogP) is 3.41. The smallest absolute Gasteiger partial charge is 0.339 e. The van der Waals surface area contributed by atoms with Gasteiger partial charge in [-0.15, -0.1) is 0 Å². The van der Waals surface area contributed by atoms with E-state index in [1.54, 1.807) is 4.68 Å². The summed E-state index contributed by atoms with van der Waals surface area (Å²) in [6, 6.07) is 7.53. The largest absolute Gasteiger partial charge is 0.478 e. The van der Waals surface area contributed by atoms with E-state index in [2.05, 4.69) is 5.10 Å². The van der Waals surface area contributed by atoms with Crippen molar-refractivity contribution in [1.29, 1.82) is 0 Å². The molecule has 20 heavy (non-hydrogen) atoms. The van der Waals surface area contributed by atoms with Crippen LogP contribution in [0.4, 0.5) is 0 Å². The number of hydrogen-bond acceptors (Lipinski definition) is 2. The molecule has 0 radical (unpaired) electrons. The molecule has 0 amide bonds. The van der Waals surface area contributed by atoms with Crippen LogP contribution < -0.4 is 0 Å². The first-order valence-corrected chi connectivity index (χ1v) is 7.01. The third-order valence-corrected chi connectivity index (χ3v) is 3.66. The van der Waals surface area contributed by atoms with Gasteiger partial charge in [0.05, 0.1) is 17.9 Å². The highest BCUT2D eigenvalue weighted by molar-refractivity contribution is 6.31. The van der Waals surface area contributed by atoms with E-state index in [9.17, 15) is 9.90 Å². The topological polar surface area (TPSA) is 55.1 Å². The third kappa shape index (κ3) is 2.70. The molecule has 106 valence electrons. The molecule has 1 aromatic carbocycles. The van der Waals surface area contributed by atoms with Gasteiger partial charge in [-0.2, -0.15) is 5.10 Å². The highest BCUT2D eigenvalue weighted by Gasteiger charge is 2.21. The van der Waals surface area contributed by atoms with E-state index in [1.807, 2.05) is 38.1 Å². The molecule has 0 fully saturated rings. The van der Waals surface area contributed by atoms with Gasteiger partial charge in [-0.3, -0.25) is 4.68 Å². The third-order valence-electron chi connectivity index (χ3n) is 3.29. The number of carbonyl (C=O) groups is 1. The fourth-order valence-corrected chi connectivity index (χ4v) is 2.52. The van der Waals surface area contributed by atoms with E-state index in [0.717, 1.165) is 11.3 Å². The van der Waals surface area contributed by atoms with Crippen LogP contribution in [0.3, 0.4) is 0 Å². The Kier molecular flexibility index (Phi) is 4.45. The molecule has 0 saturated carbocycles. The molecule has 2 rings (SSSR count). The molecule has 0 aliphatic carbocycles. The van der Waals surface area contributed by atoms with E-state index < -0.39 is 5.97 Å². The second kappa shape index (κ2) is 6.09. The van der Waals surface area contributed by atoms with Gasteiger partial charge in [0.2, 0.25) is 0 Å². The lowest BCUT2D eigenvalue weighted by molar-refractivity contribution is 0.0694. The monoisotopic (exact) mass is 292 g/mol. The Balaban J connectivity index is 2.47. The molecule has 0 spiro atoms. The van der Waals surface area contributed by atoms with Crippen molar-refractivity contribution in [2.45, 2.75) is 33.2 Å². The molecule has 5 heteroatoms. The Bertz CT molecular complexity index is 635. The second-order valence-electron chi connectivity index (χ2n) is 4.53. The van der Waals surface area contributed by atoms with E-state index in [0.29, 0.717) is 35.7 Å². The van der Waals surface area contributed by atoms with Crippen LogP contribution in [0.1, 0.15) is 41.2 Å². The Hall–Kier alpha value is -1.81. The number of aromatic carboxylic acids is 1. The molecule has 4 nitrogen and oxygen atoms in total. The number of hydrogen-bond donors (Lipinski definition) is 1. The number of benzene rings is 1. The summed E-state index contributed by atoms with van der Waals surface area (Å²) < 4.78 is 1.75. The molecule has 1 N–H and O–H groups in total. The second-order valence-corrected chi connectivity index (χ2v) is 4.94. The summed E-state index contributed by atoms with van der Waals surface area (Å²) in [6.45, 7) is 4.34. The minimum atomic E-state index is -0.913.